The molecule has 18 heavy (non-hydrogen) atoms. The number of rotatable bonds is 8. The van der Waals surface area contributed by atoms with E-state index in [-0.39, 0.29) is 16.9 Å². The molecule has 1 aromatic carbocycles. The predicted octanol–water partition coefficient (Wildman–Crippen LogP) is 3.95. The maximum atomic E-state index is 14.0. The van der Waals surface area contributed by atoms with E-state index in [9.17, 15) is 4.39 Å². The van der Waals surface area contributed by atoms with Crippen molar-refractivity contribution in [2.24, 2.45) is 0 Å². The van der Waals surface area contributed by atoms with Gasteiger partial charge in [-0.25, -0.2) is 4.39 Å². The van der Waals surface area contributed by atoms with Crippen LogP contribution in [0.5, 0.6) is 0 Å². The molecule has 4 heteroatoms. The van der Waals surface area contributed by atoms with E-state index in [1.807, 2.05) is 0 Å². The number of halogens is 2. The SMILES string of the molecule is CCCNC(CCCOC)c1cccc(Cl)c1F. The van der Waals surface area contributed by atoms with Crippen molar-refractivity contribution in [1.82, 2.24) is 5.32 Å². The van der Waals surface area contributed by atoms with Gasteiger partial charge in [0, 0.05) is 25.3 Å². The Morgan fingerprint density at radius 1 is 1.44 bits per heavy atom. The minimum absolute atomic E-state index is 0.00111. The van der Waals surface area contributed by atoms with Gasteiger partial charge in [0.1, 0.15) is 5.82 Å². The molecule has 0 radical (unpaired) electrons. The Morgan fingerprint density at radius 3 is 2.89 bits per heavy atom. The lowest BCUT2D eigenvalue weighted by Gasteiger charge is -2.20. The third-order valence-electron chi connectivity index (χ3n) is 2.84. The molecule has 1 N–H and O–H groups in total. The smallest absolute Gasteiger partial charge is 0.146 e. The zero-order chi connectivity index (χ0) is 13.4. The molecule has 0 saturated carbocycles. The standard InChI is InChI=1S/C14H21ClFNO/c1-3-9-17-13(8-5-10-18-2)11-6-4-7-12(15)14(11)16/h4,6-7,13,17H,3,5,8-10H2,1-2H3. The molecular formula is C14H21ClFNO. The van der Waals surface area contributed by atoms with Crippen molar-refractivity contribution in [3.05, 3.63) is 34.6 Å². The second-order valence-electron chi connectivity index (χ2n) is 4.28. The molecule has 1 atom stereocenters. The molecular weight excluding hydrogens is 253 g/mol. The summed E-state index contributed by atoms with van der Waals surface area (Å²) >= 11 is 5.83. The first kappa shape index (κ1) is 15.4. The summed E-state index contributed by atoms with van der Waals surface area (Å²) < 4.78 is 19.0. The zero-order valence-corrected chi connectivity index (χ0v) is 11.8. The van der Waals surface area contributed by atoms with Crippen LogP contribution in [0.1, 0.15) is 37.8 Å². The normalized spacial score (nSPS) is 12.7. The molecule has 0 bridgehead atoms. The second-order valence-corrected chi connectivity index (χ2v) is 4.69. The van der Waals surface area contributed by atoms with Crippen molar-refractivity contribution in [2.45, 2.75) is 32.2 Å². The Labute approximate surface area is 113 Å². The number of benzene rings is 1. The van der Waals surface area contributed by atoms with Crippen molar-refractivity contribution >= 4 is 11.6 Å². The van der Waals surface area contributed by atoms with Crippen LogP contribution in [-0.4, -0.2) is 20.3 Å². The van der Waals surface area contributed by atoms with Crippen molar-refractivity contribution < 1.29 is 9.13 Å². The second kappa shape index (κ2) is 8.46. The number of hydrogen-bond donors (Lipinski definition) is 1. The average Bonchev–Trinajstić information content (AvgIpc) is 2.37. The van der Waals surface area contributed by atoms with Gasteiger partial charge in [0.15, 0.2) is 0 Å². The van der Waals surface area contributed by atoms with E-state index in [1.165, 1.54) is 0 Å². The molecule has 0 spiro atoms. The van der Waals surface area contributed by atoms with Crippen LogP contribution in [0.15, 0.2) is 18.2 Å². The number of hydrogen-bond acceptors (Lipinski definition) is 2. The lowest BCUT2D eigenvalue weighted by Crippen LogP contribution is -2.23. The Kier molecular flexibility index (Phi) is 7.25. The van der Waals surface area contributed by atoms with E-state index in [2.05, 4.69) is 12.2 Å². The minimum atomic E-state index is -0.315. The fourth-order valence-electron chi connectivity index (χ4n) is 1.91. The maximum Gasteiger partial charge on any atom is 0.146 e. The fraction of sp³-hybridized carbons (Fsp3) is 0.571. The maximum absolute atomic E-state index is 14.0. The fourth-order valence-corrected chi connectivity index (χ4v) is 2.09. The first-order valence-electron chi connectivity index (χ1n) is 6.37. The van der Waals surface area contributed by atoms with Gasteiger partial charge in [0.05, 0.1) is 5.02 Å². The lowest BCUT2D eigenvalue weighted by molar-refractivity contribution is 0.188. The minimum Gasteiger partial charge on any atom is -0.385 e. The molecule has 0 amide bonds. The highest BCUT2D eigenvalue weighted by Gasteiger charge is 2.16. The summed E-state index contributed by atoms with van der Waals surface area (Å²) in [6.07, 6.45) is 2.75. The van der Waals surface area contributed by atoms with Crippen LogP contribution in [0, 0.1) is 5.82 Å². The summed E-state index contributed by atoms with van der Waals surface area (Å²) in [5, 5.41) is 3.54. The van der Waals surface area contributed by atoms with Gasteiger partial charge in [-0.3, -0.25) is 0 Å². The monoisotopic (exact) mass is 273 g/mol. The van der Waals surface area contributed by atoms with Crippen molar-refractivity contribution in [2.75, 3.05) is 20.3 Å². The summed E-state index contributed by atoms with van der Waals surface area (Å²) in [5.74, 6) is -0.315. The van der Waals surface area contributed by atoms with Crippen molar-refractivity contribution in [3.8, 4) is 0 Å². The van der Waals surface area contributed by atoms with E-state index in [1.54, 1.807) is 25.3 Å². The molecule has 102 valence electrons. The number of ether oxygens (including phenoxy) is 1. The van der Waals surface area contributed by atoms with Crippen LogP contribution < -0.4 is 5.32 Å². The Morgan fingerprint density at radius 2 is 2.22 bits per heavy atom. The Balaban J connectivity index is 2.76. The van der Waals surface area contributed by atoms with E-state index < -0.39 is 0 Å². The highest BCUT2D eigenvalue weighted by atomic mass is 35.5. The first-order chi connectivity index (χ1) is 8.70. The summed E-state index contributed by atoms with van der Waals surface area (Å²) in [6.45, 7) is 3.64. The van der Waals surface area contributed by atoms with Gasteiger partial charge in [-0.05, 0) is 31.9 Å². The molecule has 2 nitrogen and oxygen atoms in total. The van der Waals surface area contributed by atoms with Gasteiger partial charge in [-0.15, -0.1) is 0 Å². The highest BCUT2D eigenvalue weighted by Crippen LogP contribution is 2.26. The van der Waals surface area contributed by atoms with Gasteiger partial charge in [-0.2, -0.15) is 0 Å². The number of nitrogens with one attached hydrogen (secondary N) is 1. The third-order valence-corrected chi connectivity index (χ3v) is 3.13. The summed E-state index contributed by atoms with van der Waals surface area (Å²) in [6, 6.07) is 5.16. The van der Waals surface area contributed by atoms with Gasteiger partial charge in [0.25, 0.3) is 0 Å². The van der Waals surface area contributed by atoms with Crippen LogP contribution in [0.25, 0.3) is 0 Å². The molecule has 0 aliphatic carbocycles. The number of methoxy groups -OCH3 is 1. The summed E-state index contributed by atoms with van der Waals surface area (Å²) in [4.78, 5) is 0. The predicted molar refractivity (Wildman–Crippen MR) is 73.6 cm³/mol. The Bertz CT molecular complexity index is 360. The molecule has 0 aromatic heterocycles. The topological polar surface area (TPSA) is 21.3 Å². The molecule has 0 aliphatic rings. The first-order valence-corrected chi connectivity index (χ1v) is 6.74. The third kappa shape index (κ3) is 4.56. The molecule has 1 unspecified atom stereocenters. The lowest BCUT2D eigenvalue weighted by atomic mass is 10.0. The zero-order valence-electron chi connectivity index (χ0n) is 11.0. The van der Waals surface area contributed by atoms with E-state index in [0.717, 1.165) is 25.8 Å². The van der Waals surface area contributed by atoms with Crippen LogP contribution in [0.4, 0.5) is 4.39 Å². The molecule has 0 aliphatic heterocycles. The van der Waals surface area contributed by atoms with Crippen LogP contribution in [0.2, 0.25) is 5.02 Å². The Hall–Kier alpha value is -0.640. The van der Waals surface area contributed by atoms with Gasteiger partial charge in [0.2, 0.25) is 0 Å². The molecule has 0 saturated heterocycles. The van der Waals surface area contributed by atoms with Crippen molar-refractivity contribution in [3.63, 3.8) is 0 Å². The van der Waals surface area contributed by atoms with Gasteiger partial charge in [-0.1, -0.05) is 30.7 Å². The molecule has 0 fully saturated rings. The average molecular weight is 274 g/mol. The molecule has 1 aromatic rings. The molecule has 1 rings (SSSR count). The van der Waals surface area contributed by atoms with E-state index in [0.29, 0.717) is 12.2 Å². The van der Waals surface area contributed by atoms with E-state index in [4.69, 9.17) is 16.3 Å². The highest BCUT2D eigenvalue weighted by molar-refractivity contribution is 6.30. The quantitative estimate of drug-likeness (QED) is 0.724. The van der Waals surface area contributed by atoms with Gasteiger partial charge < -0.3 is 10.1 Å². The largest absolute Gasteiger partial charge is 0.385 e. The van der Waals surface area contributed by atoms with Gasteiger partial charge >= 0.3 is 0 Å². The van der Waals surface area contributed by atoms with Crippen LogP contribution >= 0.6 is 11.6 Å². The van der Waals surface area contributed by atoms with E-state index >= 15 is 0 Å². The summed E-state index contributed by atoms with van der Waals surface area (Å²) in [7, 11) is 1.68. The molecule has 0 heterocycles. The van der Waals surface area contributed by atoms with Crippen LogP contribution in [-0.2, 0) is 4.74 Å². The summed E-state index contributed by atoms with van der Waals surface area (Å²) in [5.41, 5.74) is 0.645. The van der Waals surface area contributed by atoms with Crippen LogP contribution in [0.3, 0.4) is 0 Å². The van der Waals surface area contributed by atoms with Crippen molar-refractivity contribution in [1.29, 1.82) is 0 Å².